The van der Waals surface area contributed by atoms with Crippen LogP contribution in [0.15, 0.2) is 22.7 Å². The second-order valence-electron chi connectivity index (χ2n) is 4.59. The van der Waals surface area contributed by atoms with Crippen LogP contribution in [-0.4, -0.2) is 23.2 Å². The van der Waals surface area contributed by atoms with Crippen LogP contribution in [0.25, 0.3) is 11.4 Å². The summed E-state index contributed by atoms with van der Waals surface area (Å²) in [5.41, 5.74) is 7.45. The number of aromatic nitrogens is 2. The number of nitrogens with two attached hydrogens (primary N) is 1. The molecule has 2 heterocycles. The van der Waals surface area contributed by atoms with Gasteiger partial charge in [-0.1, -0.05) is 0 Å². The van der Waals surface area contributed by atoms with Gasteiger partial charge < -0.3 is 15.2 Å². The first kappa shape index (κ1) is 13.2. The molecular formula is C14H14BrN3O2. The fourth-order valence-electron chi connectivity index (χ4n) is 2.08. The van der Waals surface area contributed by atoms with E-state index in [0.29, 0.717) is 30.6 Å². The van der Waals surface area contributed by atoms with E-state index in [1.807, 2.05) is 19.1 Å². The van der Waals surface area contributed by atoms with Gasteiger partial charge in [0, 0.05) is 23.7 Å². The molecule has 0 unspecified atom stereocenters. The van der Waals surface area contributed by atoms with E-state index in [1.165, 1.54) is 0 Å². The van der Waals surface area contributed by atoms with Crippen molar-refractivity contribution in [2.75, 3.05) is 18.9 Å². The summed E-state index contributed by atoms with van der Waals surface area (Å²) in [5, 5.41) is 0. The number of fused-ring (bicyclic) bond motifs is 1. The molecular weight excluding hydrogens is 322 g/mol. The second-order valence-corrected chi connectivity index (χ2v) is 5.45. The third kappa shape index (κ3) is 2.56. The van der Waals surface area contributed by atoms with Crippen LogP contribution in [0, 0.1) is 6.92 Å². The Morgan fingerprint density at radius 2 is 1.95 bits per heavy atom. The van der Waals surface area contributed by atoms with Crippen molar-refractivity contribution in [1.29, 1.82) is 0 Å². The van der Waals surface area contributed by atoms with Gasteiger partial charge in [0.25, 0.3) is 0 Å². The molecule has 0 bridgehead atoms. The average Bonchev–Trinajstić information content (AvgIpc) is 2.63. The highest BCUT2D eigenvalue weighted by atomic mass is 79.9. The van der Waals surface area contributed by atoms with Gasteiger partial charge in [0.1, 0.15) is 5.82 Å². The number of nitrogen functional groups attached to an aromatic ring is 1. The van der Waals surface area contributed by atoms with Crippen molar-refractivity contribution in [3.63, 3.8) is 0 Å². The fraction of sp³-hybridized carbons (Fsp3) is 0.286. The standard InChI is InChI=1S/C14H14BrN3O2/c1-8-5-12(16)18-14(17-8)9-6-10(15)13-11(7-9)19-3-2-4-20-13/h5-7H,2-4H2,1H3,(H2,16,17,18). The molecule has 0 atom stereocenters. The van der Waals surface area contributed by atoms with Crippen molar-refractivity contribution in [1.82, 2.24) is 9.97 Å². The lowest BCUT2D eigenvalue weighted by atomic mass is 10.2. The van der Waals surface area contributed by atoms with Crippen molar-refractivity contribution in [3.8, 4) is 22.9 Å². The smallest absolute Gasteiger partial charge is 0.175 e. The molecule has 0 fully saturated rings. The highest BCUT2D eigenvalue weighted by molar-refractivity contribution is 9.10. The zero-order chi connectivity index (χ0) is 14.1. The molecule has 1 aliphatic heterocycles. The van der Waals surface area contributed by atoms with Gasteiger partial charge in [-0.2, -0.15) is 0 Å². The molecule has 0 aliphatic carbocycles. The molecule has 2 aromatic rings. The summed E-state index contributed by atoms with van der Waals surface area (Å²) < 4.78 is 12.2. The predicted octanol–water partition coefficient (Wildman–Crippen LogP) is 2.96. The number of aryl methyl sites for hydroxylation is 1. The first-order chi connectivity index (χ1) is 9.63. The Morgan fingerprint density at radius 1 is 1.15 bits per heavy atom. The largest absolute Gasteiger partial charge is 0.489 e. The van der Waals surface area contributed by atoms with E-state index in [1.54, 1.807) is 6.07 Å². The average molecular weight is 336 g/mol. The van der Waals surface area contributed by atoms with Gasteiger partial charge in [-0.05, 0) is 35.0 Å². The van der Waals surface area contributed by atoms with E-state index >= 15 is 0 Å². The summed E-state index contributed by atoms with van der Waals surface area (Å²) in [5.74, 6) is 2.47. The first-order valence-corrected chi connectivity index (χ1v) is 7.13. The van der Waals surface area contributed by atoms with Crippen molar-refractivity contribution in [2.45, 2.75) is 13.3 Å². The van der Waals surface area contributed by atoms with Crippen LogP contribution in [-0.2, 0) is 0 Å². The molecule has 0 saturated carbocycles. The lowest BCUT2D eigenvalue weighted by Gasteiger charge is -2.11. The lowest BCUT2D eigenvalue weighted by Crippen LogP contribution is -1.99. The van der Waals surface area contributed by atoms with Crippen LogP contribution in [0.4, 0.5) is 5.82 Å². The maximum absolute atomic E-state index is 5.78. The number of hydrogen-bond acceptors (Lipinski definition) is 5. The van der Waals surface area contributed by atoms with E-state index in [2.05, 4.69) is 25.9 Å². The van der Waals surface area contributed by atoms with Gasteiger partial charge in [0.05, 0.1) is 17.7 Å². The minimum absolute atomic E-state index is 0.454. The van der Waals surface area contributed by atoms with Crippen LogP contribution >= 0.6 is 15.9 Å². The monoisotopic (exact) mass is 335 g/mol. The minimum atomic E-state index is 0.454. The molecule has 0 radical (unpaired) electrons. The predicted molar refractivity (Wildman–Crippen MR) is 79.9 cm³/mol. The van der Waals surface area contributed by atoms with Crippen molar-refractivity contribution < 1.29 is 9.47 Å². The molecule has 5 nitrogen and oxygen atoms in total. The van der Waals surface area contributed by atoms with E-state index in [0.717, 1.165) is 27.9 Å². The summed E-state index contributed by atoms with van der Waals surface area (Å²) in [6.07, 6.45) is 0.865. The zero-order valence-electron chi connectivity index (χ0n) is 11.0. The highest BCUT2D eigenvalue weighted by Gasteiger charge is 2.17. The zero-order valence-corrected chi connectivity index (χ0v) is 12.6. The van der Waals surface area contributed by atoms with Gasteiger partial charge >= 0.3 is 0 Å². The summed E-state index contributed by atoms with van der Waals surface area (Å²) in [4.78, 5) is 8.68. The Morgan fingerprint density at radius 3 is 2.75 bits per heavy atom. The molecule has 20 heavy (non-hydrogen) atoms. The van der Waals surface area contributed by atoms with Crippen LogP contribution in [0.1, 0.15) is 12.1 Å². The molecule has 2 N–H and O–H groups in total. The number of hydrogen-bond donors (Lipinski definition) is 1. The van der Waals surface area contributed by atoms with E-state index < -0.39 is 0 Å². The molecule has 0 amide bonds. The summed E-state index contributed by atoms with van der Waals surface area (Å²) in [6, 6.07) is 5.54. The molecule has 1 aromatic carbocycles. The summed E-state index contributed by atoms with van der Waals surface area (Å²) in [6.45, 7) is 3.18. The molecule has 0 spiro atoms. The molecule has 1 aromatic heterocycles. The number of rotatable bonds is 1. The van der Waals surface area contributed by atoms with Crippen molar-refractivity contribution in [3.05, 3.63) is 28.4 Å². The highest BCUT2D eigenvalue weighted by Crippen LogP contribution is 2.40. The maximum Gasteiger partial charge on any atom is 0.175 e. The molecule has 3 rings (SSSR count). The van der Waals surface area contributed by atoms with E-state index in [9.17, 15) is 0 Å². The van der Waals surface area contributed by atoms with Crippen LogP contribution < -0.4 is 15.2 Å². The molecule has 1 aliphatic rings. The minimum Gasteiger partial charge on any atom is -0.489 e. The Hall–Kier alpha value is -1.82. The van der Waals surface area contributed by atoms with E-state index in [4.69, 9.17) is 15.2 Å². The van der Waals surface area contributed by atoms with Gasteiger partial charge in [0.15, 0.2) is 17.3 Å². The number of benzene rings is 1. The number of nitrogens with zero attached hydrogens (tertiary/aromatic N) is 2. The number of halogens is 1. The molecule has 6 heteroatoms. The Labute approximate surface area is 125 Å². The van der Waals surface area contributed by atoms with Crippen LogP contribution in [0.3, 0.4) is 0 Å². The lowest BCUT2D eigenvalue weighted by molar-refractivity contribution is 0.296. The van der Waals surface area contributed by atoms with Gasteiger partial charge in [-0.25, -0.2) is 9.97 Å². The van der Waals surface area contributed by atoms with Crippen molar-refractivity contribution >= 4 is 21.7 Å². The van der Waals surface area contributed by atoms with Gasteiger partial charge in [-0.15, -0.1) is 0 Å². The third-order valence-corrected chi connectivity index (χ3v) is 3.52. The summed E-state index contributed by atoms with van der Waals surface area (Å²) in [7, 11) is 0. The third-order valence-electron chi connectivity index (χ3n) is 2.93. The quantitative estimate of drug-likeness (QED) is 0.867. The topological polar surface area (TPSA) is 70.3 Å². The normalized spacial score (nSPS) is 13.9. The van der Waals surface area contributed by atoms with E-state index in [-0.39, 0.29) is 0 Å². The number of ether oxygens (including phenoxy) is 2. The SMILES string of the molecule is Cc1cc(N)nc(-c2cc(Br)c3c(c2)OCCCO3)n1. The molecule has 0 saturated heterocycles. The molecule has 104 valence electrons. The fourth-order valence-corrected chi connectivity index (χ4v) is 2.64. The number of anilines is 1. The van der Waals surface area contributed by atoms with Crippen LogP contribution in [0.5, 0.6) is 11.5 Å². The van der Waals surface area contributed by atoms with Gasteiger partial charge in [-0.3, -0.25) is 0 Å². The van der Waals surface area contributed by atoms with Gasteiger partial charge in [0.2, 0.25) is 0 Å². The summed E-state index contributed by atoms with van der Waals surface area (Å²) >= 11 is 3.51. The Kier molecular flexibility index (Phi) is 3.48. The first-order valence-electron chi connectivity index (χ1n) is 6.34. The van der Waals surface area contributed by atoms with Crippen molar-refractivity contribution in [2.24, 2.45) is 0 Å². The maximum atomic E-state index is 5.78. The Balaban J connectivity index is 2.10. The van der Waals surface area contributed by atoms with Crippen LogP contribution in [0.2, 0.25) is 0 Å². The second kappa shape index (κ2) is 5.28. The Bertz CT molecular complexity index is 641.